The fraction of sp³-hybridized carbons (Fsp3) is 0.241. The summed E-state index contributed by atoms with van der Waals surface area (Å²) in [4.78, 5) is 28.2. The van der Waals surface area contributed by atoms with Crippen molar-refractivity contribution >= 4 is 34.7 Å². The molecule has 2 heterocycles. The number of amides is 1. The molecule has 7 heteroatoms. The number of ketones is 1. The van der Waals surface area contributed by atoms with E-state index in [0.717, 1.165) is 11.1 Å². The summed E-state index contributed by atoms with van der Waals surface area (Å²) in [6.07, 6.45) is 0. The van der Waals surface area contributed by atoms with Crippen LogP contribution in [0.15, 0.2) is 66.2 Å². The van der Waals surface area contributed by atoms with E-state index in [1.807, 2.05) is 31.2 Å². The Morgan fingerprint density at radius 2 is 1.67 bits per heavy atom. The third-order valence-electron chi connectivity index (χ3n) is 6.62. The van der Waals surface area contributed by atoms with Gasteiger partial charge in [0.05, 0.1) is 11.6 Å². The number of fused-ring (bicyclic) bond motifs is 1. The minimum absolute atomic E-state index is 0.000860. The van der Waals surface area contributed by atoms with Gasteiger partial charge in [-0.15, -0.1) is 0 Å². The Bertz CT molecular complexity index is 1420. The molecule has 0 saturated carbocycles. The predicted molar refractivity (Wildman–Crippen MR) is 139 cm³/mol. The Kier molecular flexibility index (Phi) is 5.80. The summed E-state index contributed by atoms with van der Waals surface area (Å²) in [5, 5.41) is 11.9. The first-order valence-electron chi connectivity index (χ1n) is 11.6. The van der Waals surface area contributed by atoms with Gasteiger partial charge in [-0.25, -0.2) is 0 Å². The number of ether oxygens (including phenoxy) is 2. The molecule has 6 nitrogen and oxygen atoms in total. The number of anilines is 1. The van der Waals surface area contributed by atoms with Gasteiger partial charge in [-0.05, 0) is 59.4 Å². The molecule has 5 rings (SSSR count). The number of benzene rings is 3. The molecule has 1 saturated heterocycles. The number of Topliss-reactive ketones (excluding diaryl/α,β-unsaturated/α-hetero) is 1. The van der Waals surface area contributed by atoms with Crippen molar-refractivity contribution in [3.63, 3.8) is 0 Å². The average Bonchev–Trinajstić information content (AvgIpc) is 3.42. The van der Waals surface area contributed by atoms with Gasteiger partial charge in [-0.3, -0.25) is 14.5 Å². The normalized spacial score (nSPS) is 18.7. The van der Waals surface area contributed by atoms with Crippen molar-refractivity contribution in [1.82, 2.24) is 0 Å². The molecular weight excluding hydrogens is 478 g/mol. The van der Waals surface area contributed by atoms with E-state index in [4.69, 9.17) is 21.1 Å². The van der Waals surface area contributed by atoms with Gasteiger partial charge < -0.3 is 14.6 Å². The standard InChI is InChI=1S/C29H26ClNO5/c1-16-5-11-20(14-21(16)30)31-25(17-6-9-19(10-7-17)29(2,3)4)24(27(33)28(31)34)26(32)18-8-12-22-23(13-18)36-15-35-22/h5-14,25,32H,15H2,1-4H3/b26-24-. The SMILES string of the molecule is Cc1ccc(N2C(=O)C(=O)/C(=C(\O)c3ccc4c(c3)OCO4)C2c2ccc(C(C)(C)C)cc2)cc1Cl. The number of halogens is 1. The zero-order valence-corrected chi connectivity index (χ0v) is 21.2. The predicted octanol–water partition coefficient (Wildman–Crippen LogP) is 6.30. The van der Waals surface area contributed by atoms with Gasteiger partial charge in [0.1, 0.15) is 5.76 Å². The molecule has 3 aromatic carbocycles. The number of nitrogens with zero attached hydrogens (tertiary/aromatic N) is 1. The van der Waals surface area contributed by atoms with Crippen molar-refractivity contribution in [2.24, 2.45) is 0 Å². The average molecular weight is 504 g/mol. The summed E-state index contributed by atoms with van der Waals surface area (Å²) in [5.41, 5.74) is 3.41. The first-order valence-corrected chi connectivity index (χ1v) is 12.0. The lowest BCUT2D eigenvalue weighted by atomic mass is 9.85. The molecule has 184 valence electrons. The zero-order valence-electron chi connectivity index (χ0n) is 20.5. The molecule has 1 unspecified atom stereocenters. The van der Waals surface area contributed by atoms with Crippen LogP contribution in [-0.2, 0) is 15.0 Å². The Balaban J connectivity index is 1.70. The Morgan fingerprint density at radius 1 is 0.972 bits per heavy atom. The van der Waals surface area contributed by atoms with Crippen molar-refractivity contribution in [2.75, 3.05) is 11.7 Å². The van der Waals surface area contributed by atoms with Crippen molar-refractivity contribution in [1.29, 1.82) is 0 Å². The molecule has 0 bridgehead atoms. The summed E-state index contributed by atoms with van der Waals surface area (Å²) >= 11 is 6.38. The number of carbonyl (C=O) groups excluding carboxylic acids is 2. The number of aliphatic hydroxyl groups excluding tert-OH is 1. The first kappa shape index (κ1) is 23.9. The van der Waals surface area contributed by atoms with Crippen molar-refractivity contribution in [3.8, 4) is 11.5 Å². The third kappa shape index (κ3) is 4.01. The smallest absolute Gasteiger partial charge is 0.300 e. The maximum absolute atomic E-state index is 13.4. The van der Waals surface area contributed by atoms with Gasteiger partial charge in [0, 0.05) is 16.3 Å². The van der Waals surface area contributed by atoms with E-state index in [1.165, 1.54) is 4.90 Å². The fourth-order valence-corrected chi connectivity index (χ4v) is 4.69. The number of rotatable bonds is 3. The Hall–Kier alpha value is -3.77. The van der Waals surface area contributed by atoms with Crippen LogP contribution >= 0.6 is 11.6 Å². The first-order chi connectivity index (χ1) is 17.1. The molecule has 2 aliphatic rings. The summed E-state index contributed by atoms with van der Waals surface area (Å²) in [7, 11) is 0. The maximum Gasteiger partial charge on any atom is 0.300 e. The molecule has 1 fully saturated rings. The molecule has 1 amide bonds. The lowest BCUT2D eigenvalue weighted by Crippen LogP contribution is -2.29. The highest BCUT2D eigenvalue weighted by atomic mass is 35.5. The lowest BCUT2D eigenvalue weighted by molar-refractivity contribution is -0.132. The van der Waals surface area contributed by atoms with Crippen molar-refractivity contribution < 1.29 is 24.2 Å². The van der Waals surface area contributed by atoms with E-state index < -0.39 is 17.7 Å². The second-order valence-electron chi connectivity index (χ2n) is 10.0. The largest absolute Gasteiger partial charge is 0.507 e. The van der Waals surface area contributed by atoms with E-state index in [1.54, 1.807) is 36.4 Å². The Morgan fingerprint density at radius 3 is 2.33 bits per heavy atom. The fourth-order valence-electron chi connectivity index (χ4n) is 4.51. The highest BCUT2D eigenvalue weighted by Gasteiger charge is 2.47. The third-order valence-corrected chi connectivity index (χ3v) is 7.02. The molecule has 36 heavy (non-hydrogen) atoms. The van der Waals surface area contributed by atoms with Gasteiger partial charge >= 0.3 is 0 Å². The van der Waals surface area contributed by atoms with Crippen LogP contribution in [-0.4, -0.2) is 23.6 Å². The summed E-state index contributed by atoms with van der Waals surface area (Å²) in [5.74, 6) is -0.772. The molecule has 3 aromatic rings. The molecular formula is C29H26ClNO5. The van der Waals surface area contributed by atoms with Crippen LogP contribution in [0.5, 0.6) is 11.5 Å². The van der Waals surface area contributed by atoms with Crippen LogP contribution in [0.3, 0.4) is 0 Å². The van der Waals surface area contributed by atoms with Crippen LogP contribution in [0.2, 0.25) is 5.02 Å². The van der Waals surface area contributed by atoms with Gasteiger partial charge in [-0.1, -0.05) is 62.7 Å². The minimum atomic E-state index is -0.844. The zero-order chi connectivity index (χ0) is 25.8. The summed E-state index contributed by atoms with van der Waals surface area (Å²) in [6.45, 7) is 8.28. The molecule has 0 radical (unpaired) electrons. The van der Waals surface area contributed by atoms with Gasteiger partial charge in [0.15, 0.2) is 11.5 Å². The topological polar surface area (TPSA) is 76.1 Å². The molecule has 1 N–H and O–H groups in total. The van der Waals surface area contributed by atoms with Gasteiger partial charge in [0.25, 0.3) is 11.7 Å². The molecule has 0 aliphatic carbocycles. The van der Waals surface area contributed by atoms with Crippen LogP contribution in [0, 0.1) is 6.92 Å². The highest BCUT2D eigenvalue weighted by molar-refractivity contribution is 6.51. The van der Waals surface area contributed by atoms with Crippen LogP contribution in [0.25, 0.3) is 5.76 Å². The number of hydrogen-bond acceptors (Lipinski definition) is 5. The summed E-state index contributed by atoms with van der Waals surface area (Å²) < 4.78 is 10.8. The second kappa shape index (κ2) is 8.71. The van der Waals surface area contributed by atoms with Gasteiger partial charge in [-0.2, -0.15) is 0 Å². The van der Waals surface area contributed by atoms with Crippen LogP contribution in [0.4, 0.5) is 5.69 Å². The number of carbonyl (C=O) groups is 2. The van der Waals surface area contributed by atoms with Crippen molar-refractivity contribution in [3.05, 3.63) is 93.5 Å². The molecule has 1 atom stereocenters. The lowest BCUT2D eigenvalue weighted by Gasteiger charge is -2.27. The number of hydrogen-bond donors (Lipinski definition) is 1. The number of aliphatic hydroxyl groups is 1. The van der Waals surface area contributed by atoms with E-state index in [-0.39, 0.29) is 23.5 Å². The van der Waals surface area contributed by atoms with E-state index in [2.05, 4.69) is 20.8 Å². The van der Waals surface area contributed by atoms with E-state index in [0.29, 0.717) is 33.3 Å². The van der Waals surface area contributed by atoms with Crippen LogP contribution in [0.1, 0.15) is 49.1 Å². The monoisotopic (exact) mass is 503 g/mol. The molecule has 2 aliphatic heterocycles. The number of aryl methyl sites for hydroxylation is 1. The summed E-state index contributed by atoms with van der Waals surface area (Å²) in [6, 6.07) is 17.0. The Labute approximate surface area is 214 Å². The molecule has 0 spiro atoms. The maximum atomic E-state index is 13.4. The van der Waals surface area contributed by atoms with E-state index in [9.17, 15) is 14.7 Å². The highest BCUT2D eigenvalue weighted by Crippen LogP contribution is 2.44. The quantitative estimate of drug-likeness (QED) is 0.258. The molecule has 0 aromatic heterocycles. The van der Waals surface area contributed by atoms with Crippen LogP contribution < -0.4 is 14.4 Å². The van der Waals surface area contributed by atoms with E-state index >= 15 is 0 Å². The minimum Gasteiger partial charge on any atom is -0.507 e. The van der Waals surface area contributed by atoms with Gasteiger partial charge in [0.2, 0.25) is 6.79 Å². The second-order valence-corrected chi connectivity index (χ2v) is 10.4. The van der Waals surface area contributed by atoms with Crippen molar-refractivity contribution in [2.45, 2.75) is 39.2 Å².